The average molecular weight is 290 g/mol. The summed E-state index contributed by atoms with van der Waals surface area (Å²) in [5, 5.41) is 6.07. The van der Waals surface area contributed by atoms with E-state index >= 15 is 0 Å². The molecule has 0 aliphatic carbocycles. The molecule has 1 aromatic carbocycles. The van der Waals surface area contributed by atoms with Gasteiger partial charge in [0, 0.05) is 12.5 Å². The van der Waals surface area contributed by atoms with Gasteiger partial charge in [-0.2, -0.15) is 0 Å². The summed E-state index contributed by atoms with van der Waals surface area (Å²) in [6.45, 7) is 2.82. The lowest BCUT2D eigenvalue weighted by atomic mass is 9.99. The van der Waals surface area contributed by atoms with E-state index in [1.54, 1.807) is 0 Å². The zero-order chi connectivity index (χ0) is 15.2. The van der Waals surface area contributed by atoms with E-state index < -0.39 is 12.0 Å². The van der Waals surface area contributed by atoms with Gasteiger partial charge in [-0.15, -0.1) is 0 Å². The maximum Gasteiger partial charge on any atom is 0.328 e. The molecule has 3 atom stereocenters. The van der Waals surface area contributed by atoms with Crippen molar-refractivity contribution in [3.8, 4) is 0 Å². The van der Waals surface area contributed by atoms with Crippen LogP contribution in [0.2, 0.25) is 0 Å². The molecule has 0 bridgehead atoms. The summed E-state index contributed by atoms with van der Waals surface area (Å²) in [5.41, 5.74) is 0.991. The Hall–Kier alpha value is -1.88. The molecule has 3 unspecified atom stereocenters. The molecule has 1 amide bonds. The molecule has 5 nitrogen and oxygen atoms in total. The Morgan fingerprint density at radius 1 is 1.38 bits per heavy atom. The highest BCUT2D eigenvalue weighted by Crippen LogP contribution is 2.16. The summed E-state index contributed by atoms with van der Waals surface area (Å²) in [6.07, 6.45) is 1.24. The predicted octanol–water partition coefficient (Wildman–Crippen LogP) is 0.885. The number of carbonyl (C=O) groups excluding carboxylic acids is 2. The van der Waals surface area contributed by atoms with Gasteiger partial charge in [0.2, 0.25) is 5.91 Å². The number of benzene rings is 1. The minimum absolute atomic E-state index is 0.0844. The lowest BCUT2D eigenvalue weighted by Gasteiger charge is -2.20. The second-order valence-electron chi connectivity index (χ2n) is 5.41. The molecule has 0 spiro atoms. The van der Waals surface area contributed by atoms with Crippen LogP contribution in [0.5, 0.6) is 0 Å². The molecule has 2 rings (SSSR count). The van der Waals surface area contributed by atoms with E-state index in [1.807, 2.05) is 37.3 Å². The maximum atomic E-state index is 12.3. The first kappa shape index (κ1) is 15.5. The summed E-state index contributed by atoms with van der Waals surface area (Å²) < 4.78 is 4.81. The lowest BCUT2D eigenvalue weighted by Crippen LogP contribution is -2.47. The quantitative estimate of drug-likeness (QED) is 0.790. The standard InChI is InChI=1S/C16H22N2O3/c1-11-13(8-9-17-11)15(19)18-14(16(20)21-2)10-12-6-4-3-5-7-12/h3-7,11,13-14,17H,8-10H2,1-2H3,(H,18,19). The smallest absolute Gasteiger partial charge is 0.328 e. The van der Waals surface area contributed by atoms with Crippen molar-refractivity contribution in [3.63, 3.8) is 0 Å². The molecule has 0 aromatic heterocycles. The molecule has 1 aliphatic heterocycles. The van der Waals surface area contributed by atoms with Crippen LogP contribution in [0.4, 0.5) is 0 Å². The van der Waals surface area contributed by atoms with Gasteiger partial charge in [-0.1, -0.05) is 30.3 Å². The number of rotatable bonds is 5. The molecule has 1 fully saturated rings. The van der Waals surface area contributed by atoms with Crippen LogP contribution in [0.1, 0.15) is 18.9 Å². The predicted molar refractivity (Wildman–Crippen MR) is 79.7 cm³/mol. The van der Waals surface area contributed by atoms with E-state index in [1.165, 1.54) is 7.11 Å². The molecule has 1 aromatic rings. The van der Waals surface area contributed by atoms with Gasteiger partial charge in [-0.25, -0.2) is 4.79 Å². The van der Waals surface area contributed by atoms with Gasteiger partial charge in [-0.3, -0.25) is 4.79 Å². The van der Waals surface area contributed by atoms with Gasteiger partial charge >= 0.3 is 5.97 Å². The van der Waals surface area contributed by atoms with Crippen LogP contribution < -0.4 is 10.6 Å². The lowest BCUT2D eigenvalue weighted by molar-refractivity contribution is -0.145. The van der Waals surface area contributed by atoms with Crippen molar-refractivity contribution in [2.45, 2.75) is 31.8 Å². The first-order chi connectivity index (χ1) is 10.1. The normalized spacial score (nSPS) is 22.6. The van der Waals surface area contributed by atoms with Crippen molar-refractivity contribution in [2.24, 2.45) is 5.92 Å². The largest absolute Gasteiger partial charge is 0.467 e. The summed E-state index contributed by atoms with van der Waals surface area (Å²) in [5.74, 6) is -0.586. The molecular formula is C16H22N2O3. The number of methoxy groups -OCH3 is 1. The SMILES string of the molecule is COC(=O)C(Cc1ccccc1)NC(=O)C1CCNC1C. The van der Waals surface area contributed by atoms with Crippen LogP contribution in [-0.4, -0.2) is 37.6 Å². The van der Waals surface area contributed by atoms with E-state index in [-0.39, 0.29) is 17.9 Å². The van der Waals surface area contributed by atoms with Crippen molar-refractivity contribution in [1.82, 2.24) is 10.6 Å². The molecule has 2 N–H and O–H groups in total. The summed E-state index contributed by atoms with van der Waals surface area (Å²) in [7, 11) is 1.34. The Morgan fingerprint density at radius 3 is 2.67 bits per heavy atom. The van der Waals surface area contributed by atoms with E-state index in [2.05, 4.69) is 10.6 Å². The van der Waals surface area contributed by atoms with Crippen molar-refractivity contribution in [3.05, 3.63) is 35.9 Å². The number of ether oxygens (including phenoxy) is 1. The Morgan fingerprint density at radius 2 is 2.10 bits per heavy atom. The second-order valence-corrected chi connectivity index (χ2v) is 5.41. The Labute approximate surface area is 125 Å². The molecule has 1 heterocycles. The van der Waals surface area contributed by atoms with Crippen molar-refractivity contribution in [2.75, 3.05) is 13.7 Å². The second kappa shape index (κ2) is 7.22. The highest BCUT2D eigenvalue weighted by Gasteiger charge is 2.32. The number of esters is 1. The minimum atomic E-state index is -0.641. The first-order valence-corrected chi connectivity index (χ1v) is 7.27. The van der Waals surface area contributed by atoms with Gasteiger partial charge in [0.15, 0.2) is 0 Å². The van der Waals surface area contributed by atoms with E-state index in [4.69, 9.17) is 4.74 Å². The minimum Gasteiger partial charge on any atom is -0.467 e. The Bertz CT molecular complexity index is 490. The van der Waals surface area contributed by atoms with Crippen LogP contribution in [-0.2, 0) is 20.7 Å². The third-order valence-electron chi connectivity index (χ3n) is 3.95. The van der Waals surface area contributed by atoms with Crippen LogP contribution in [0.3, 0.4) is 0 Å². The van der Waals surface area contributed by atoms with Crippen LogP contribution >= 0.6 is 0 Å². The zero-order valence-corrected chi connectivity index (χ0v) is 12.5. The highest BCUT2D eigenvalue weighted by atomic mass is 16.5. The van der Waals surface area contributed by atoms with Gasteiger partial charge in [0.1, 0.15) is 6.04 Å². The third-order valence-corrected chi connectivity index (χ3v) is 3.95. The number of nitrogens with one attached hydrogen (secondary N) is 2. The number of carbonyl (C=O) groups is 2. The van der Waals surface area contributed by atoms with Gasteiger partial charge in [0.25, 0.3) is 0 Å². The topological polar surface area (TPSA) is 67.4 Å². The molecule has 114 valence electrons. The van der Waals surface area contributed by atoms with Crippen molar-refractivity contribution >= 4 is 11.9 Å². The average Bonchev–Trinajstić information content (AvgIpc) is 2.93. The van der Waals surface area contributed by atoms with Gasteiger partial charge < -0.3 is 15.4 Å². The van der Waals surface area contributed by atoms with Crippen LogP contribution in [0.15, 0.2) is 30.3 Å². The van der Waals surface area contributed by atoms with Crippen molar-refractivity contribution < 1.29 is 14.3 Å². The fourth-order valence-electron chi connectivity index (χ4n) is 2.68. The van der Waals surface area contributed by atoms with Crippen LogP contribution in [0.25, 0.3) is 0 Å². The van der Waals surface area contributed by atoms with E-state index in [9.17, 15) is 9.59 Å². The summed E-state index contributed by atoms with van der Waals surface area (Å²) in [4.78, 5) is 24.2. The molecule has 1 saturated heterocycles. The summed E-state index contributed by atoms with van der Waals surface area (Å²) in [6, 6.07) is 9.10. The molecule has 1 aliphatic rings. The number of amides is 1. The first-order valence-electron chi connectivity index (χ1n) is 7.27. The van der Waals surface area contributed by atoms with E-state index in [0.29, 0.717) is 6.42 Å². The molecular weight excluding hydrogens is 268 g/mol. The monoisotopic (exact) mass is 290 g/mol. The number of hydrogen-bond donors (Lipinski definition) is 2. The number of hydrogen-bond acceptors (Lipinski definition) is 4. The van der Waals surface area contributed by atoms with E-state index in [0.717, 1.165) is 18.5 Å². The third kappa shape index (κ3) is 4.04. The molecule has 0 saturated carbocycles. The van der Waals surface area contributed by atoms with Gasteiger partial charge in [0.05, 0.1) is 13.0 Å². The fourth-order valence-corrected chi connectivity index (χ4v) is 2.68. The molecule has 5 heteroatoms. The maximum absolute atomic E-state index is 12.3. The zero-order valence-electron chi connectivity index (χ0n) is 12.5. The van der Waals surface area contributed by atoms with Gasteiger partial charge in [-0.05, 0) is 25.5 Å². The molecule has 21 heavy (non-hydrogen) atoms. The fraction of sp³-hybridized carbons (Fsp3) is 0.500. The summed E-state index contributed by atoms with van der Waals surface area (Å²) >= 11 is 0. The highest BCUT2D eigenvalue weighted by molar-refractivity contribution is 5.86. The Balaban J connectivity index is 2.02. The van der Waals surface area contributed by atoms with Crippen molar-refractivity contribution in [1.29, 1.82) is 0 Å². The van der Waals surface area contributed by atoms with Crippen LogP contribution in [0, 0.1) is 5.92 Å². The molecule has 0 radical (unpaired) electrons. The Kier molecular flexibility index (Phi) is 5.33.